The first kappa shape index (κ1) is 14.0. The van der Waals surface area contributed by atoms with Crippen LogP contribution in [0, 0.1) is 0 Å². The Morgan fingerprint density at radius 3 is 2.78 bits per heavy atom. The van der Waals surface area contributed by atoms with Gasteiger partial charge >= 0.3 is 12.0 Å². The van der Waals surface area contributed by atoms with Gasteiger partial charge in [-0.15, -0.1) is 0 Å². The summed E-state index contributed by atoms with van der Waals surface area (Å²) in [5.74, 6) is -1.07. The van der Waals surface area contributed by atoms with E-state index in [1.807, 2.05) is 20.2 Å². The SMILES string of the molecule is CCc1nn(C)cc1CNC(=O)NC(C)C(=O)O. The van der Waals surface area contributed by atoms with Gasteiger partial charge in [-0.3, -0.25) is 9.48 Å². The van der Waals surface area contributed by atoms with E-state index in [-0.39, 0.29) is 0 Å². The van der Waals surface area contributed by atoms with E-state index in [1.54, 1.807) is 4.68 Å². The highest BCUT2D eigenvalue weighted by atomic mass is 16.4. The van der Waals surface area contributed by atoms with E-state index in [4.69, 9.17) is 5.11 Å². The fourth-order valence-electron chi connectivity index (χ4n) is 1.51. The zero-order chi connectivity index (χ0) is 13.7. The Labute approximate surface area is 105 Å². The topological polar surface area (TPSA) is 96.3 Å². The molecule has 0 aromatic carbocycles. The number of urea groups is 1. The maximum Gasteiger partial charge on any atom is 0.325 e. The molecule has 7 heteroatoms. The molecule has 0 bridgehead atoms. The van der Waals surface area contributed by atoms with Crippen LogP contribution in [0.5, 0.6) is 0 Å². The summed E-state index contributed by atoms with van der Waals surface area (Å²) < 4.78 is 1.69. The Morgan fingerprint density at radius 1 is 1.56 bits per heavy atom. The van der Waals surface area contributed by atoms with Crippen LogP contribution in [0.1, 0.15) is 25.1 Å². The smallest absolute Gasteiger partial charge is 0.325 e. The van der Waals surface area contributed by atoms with Crippen molar-refractivity contribution in [2.45, 2.75) is 32.9 Å². The molecule has 18 heavy (non-hydrogen) atoms. The molecule has 1 heterocycles. The Kier molecular flexibility index (Phi) is 4.70. The Morgan fingerprint density at radius 2 is 2.22 bits per heavy atom. The van der Waals surface area contributed by atoms with Crippen molar-refractivity contribution in [1.82, 2.24) is 20.4 Å². The molecule has 1 rings (SSSR count). The third-order valence-corrected chi connectivity index (χ3v) is 2.48. The molecule has 3 N–H and O–H groups in total. The number of hydrogen-bond donors (Lipinski definition) is 3. The molecule has 2 amide bonds. The van der Waals surface area contributed by atoms with Gasteiger partial charge in [0.15, 0.2) is 0 Å². The van der Waals surface area contributed by atoms with Gasteiger partial charge < -0.3 is 15.7 Å². The van der Waals surface area contributed by atoms with Crippen molar-refractivity contribution in [1.29, 1.82) is 0 Å². The van der Waals surface area contributed by atoms with E-state index in [0.717, 1.165) is 17.7 Å². The first-order valence-corrected chi connectivity index (χ1v) is 5.72. The molecule has 0 spiro atoms. The number of rotatable bonds is 5. The molecule has 100 valence electrons. The summed E-state index contributed by atoms with van der Waals surface area (Å²) in [7, 11) is 1.81. The van der Waals surface area contributed by atoms with Crippen LogP contribution in [0.2, 0.25) is 0 Å². The fourth-order valence-corrected chi connectivity index (χ4v) is 1.51. The molecule has 0 saturated carbocycles. The first-order valence-electron chi connectivity index (χ1n) is 5.72. The van der Waals surface area contributed by atoms with Crippen molar-refractivity contribution in [3.63, 3.8) is 0 Å². The Balaban J connectivity index is 2.49. The molecule has 1 unspecified atom stereocenters. The molecule has 0 aliphatic heterocycles. The monoisotopic (exact) mass is 254 g/mol. The van der Waals surface area contributed by atoms with E-state index in [2.05, 4.69) is 15.7 Å². The zero-order valence-electron chi connectivity index (χ0n) is 10.7. The normalized spacial score (nSPS) is 11.9. The van der Waals surface area contributed by atoms with Gasteiger partial charge in [-0.25, -0.2) is 4.79 Å². The van der Waals surface area contributed by atoms with Crippen LogP contribution >= 0.6 is 0 Å². The zero-order valence-corrected chi connectivity index (χ0v) is 10.7. The van der Waals surface area contributed by atoms with Crippen LogP contribution in [0.3, 0.4) is 0 Å². The summed E-state index contributed by atoms with van der Waals surface area (Å²) in [6.45, 7) is 3.72. The second kappa shape index (κ2) is 6.04. The van der Waals surface area contributed by atoms with Gasteiger partial charge in [0.1, 0.15) is 6.04 Å². The standard InChI is InChI=1S/C11H18N4O3/c1-4-9-8(6-15(3)14-9)5-12-11(18)13-7(2)10(16)17/h6-7H,4-5H2,1-3H3,(H,16,17)(H2,12,13,18). The van der Waals surface area contributed by atoms with Crippen molar-refractivity contribution in [3.05, 3.63) is 17.5 Å². The highest BCUT2D eigenvalue weighted by molar-refractivity contribution is 5.82. The number of carboxylic acids is 1. The maximum absolute atomic E-state index is 11.4. The van der Waals surface area contributed by atoms with Gasteiger partial charge in [-0.2, -0.15) is 5.10 Å². The average molecular weight is 254 g/mol. The number of carbonyl (C=O) groups excluding carboxylic acids is 1. The van der Waals surface area contributed by atoms with Crippen molar-refractivity contribution in [2.24, 2.45) is 7.05 Å². The van der Waals surface area contributed by atoms with Crippen LogP contribution in [0.15, 0.2) is 6.20 Å². The summed E-state index contributed by atoms with van der Waals surface area (Å²) in [6, 6.07) is -1.42. The van der Waals surface area contributed by atoms with Crippen molar-refractivity contribution >= 4 is 12.0 Å². The van der Waals surface area contributed by atoms with Gasteiger partial charge in [0.2, 0.25) is 0 Å². The minimum Gasteiger partial charge on any atom is -0.480 e. The number of amides is 2. The summed E-state index contributed by atoms with van der Waals surface area (Å²) in [4.78, 5) is 22.0. The number of aliphatic carboxylic acids is 1. The number of aryl methyl sites for hydroxylation is 2. The number of carbonyl (C=O) groups is 2. The second-order valence-corrected chi connectivity index (χ2v) is 4.02. The molecule has 1 aromatic rings. The third-order valence-electron chi connectivity index (χ3n) is 2.48. The molecule has 1 atom stereocenters. The van der Waals surface area contributed by atoms with Crippen LogP contribution < -0.4 is 10.6 Å². The predicted molar refractivity (Wildman–Crippen MR) is 65.1 cm³/mol. The molecule has 0 aliphatic carbocycles. The summed E-state index contributed by atoms with van der Waals surface area (Å²) in [5, 5.41) is 17.8. The van der Waals surface area contributed by atoms with E-state index in [0.29, 0.717) is 6.54 Å². The Hall–Kier alpha value is -2.05. The summed E-state index contributed by atoms with van der Waals surface area (Å²) in [5.41, 5.74) is 1.85. The quantitative estimate of drug-likeness (QED) is 0.702. The van der Waals surface area contributed by atoms with Gasteiger partial charge in [0.25, 0.3) is 0 Å². The summed E-state index contributed by atoms with van der Waals surface area (Å²) >= 11 is 0. The molecule has 7 nitrogen and oxygen atoms in total. The number of carboxylic acid groups (broad SMARTS) is 1. The lowest BCUT2D eigenvalue weighted by Gasteiger charge is -2.10. The first-order chi connectivity index (χ1) is 8.43. The Bertz CT molecular complexity index is 441. The van der Waals surface area contributed by atoms with Gasteiger partial charge in [0, 0.05) is 25.4 Å². The lowest BCUT2D eigenvalue weighted by atomic mass is 10.2. The number of hydrogen-bond acceptors (Lipinski definition) is 3. The van der Waals surface area contributed by atoms with E-state index >= 15 is 0 Å². The second-order valence-electron chi connectivity index (χ2n) is 4.02. The minimum atomic E-state index is -1.07. The van der Waals surface area contributed by atoms with Gasteiger partial charge in [-0.05, 0) is 13.3 Å². The molecular weight excluding hydrogens is 236 g/mol. The number of nitrogens with one attached hydrogen (secondary N) is 2. The molecule has 1 aromatic heterocycles. The van der Waals surface area contributed by atoms with E-state index < -0.39 is 18.0 Å². The minimum absolute atomic E-state index is 0.329. The largest absolute Gasteiger partial charge is 0.480 e. The predicted octanol–water partition coefficient (Wildman–Crippen LogP) is 0.255. The lowest BCUT2D eigenvalue weighted by molar-refractivity contribution is -0.138. The van der Waals surface area contributed by atoms with Crippen LogP contribution in [0.25, 0.3) is 0 Å². The van der Waals surface area contributed by atoms with Crippen LogP contribution in [0.4, 0.5) is 4.79 Å². The average Bonchev–Trinajstić information content (AvgIpc) is 2.66. The maximum atomic E-state index is 11.4. The highest BCUT2D eigenvalue weighted by Crippen LogP contribution is 2.06. The molecule has 0 fully saturated rings. The molecule has 0 radical (unpaired) electrons. The molecule has 0 saturated heterocycles. The summed E-state index contributed by atoms with van der Waals surface area (Å²) in [6.07, 6.45) is 2.62. The van der Waals surface area contributed by atoms with Gasteiger partial charge in [0.05, 0.1) is 5.69 Å². The molecular formula is C11H18N4O3. The van der Waals surface area contributed by atoms with Crippen molar-refractivity contribution in [3.8, 4) is 0 Å². The van der Waals surface area contributed by atoms with E-state index in [1.165, 1.54) is 6.92 Å². The third kappa shape index (κ3) is 3.76. The van der Waals surface area contributed by atoms with E-state index in [9.17, 15) is 9.59 Å². The fraction of sp³-hybridized carbons (Fsp3) is 0.545. The lowest BCUT2D eigenvalue weighted by Crippen LogP contribution is -2.44. The van der Waals surface area contributed by atoms with Crippen LogP contribution in [-0.2, 0) is 24.8 Å². The van der Waals surface area contributed by atoms with Crippen molar-refractivity contribution in [2.75, 3.05) is 0 Å². The van der Waals surface area contributed by atoms with Gasteiger partial charge in [-0.1, -0.05) is 6.92 Å². The number of aromatic nitrogens is 2. The van der Waals surface area contributed by atoms with Crippen molar-refractivity contribution < 1.29 is 14.7 Å². The highest BCUT2D eigenvalue weighted by Gasteiger charge is 2.14. The number of nitrogens with zero attached hydrogens (tertiary/aromatic N) is 2. The van der Waals surface area contributed by atoms with Crippen LogP contribution in [-0.4, -0.2) is 32.9 Å². The molecule has 0 aliphatic rings.